The third kappa shape index (κ3) is 2.72. The van der Waals surface area contributed by atoms with Gasteiger partial charge in [-0.05, 0) is 30.7 Å². The molecule has 1 aromatic carbocycles. The molecule has 2 atom stereocenters. The van der Waals surface area contributed by atoms with Gasteiger partial charge in [0.2, 0.25) is 0 Å². The Bertz CT molecular complexity index is 1160. The lowest BCUT2D eigenvalue weighted by atomic mass is 10.0. The van der Waals surface area contributed by atoms with Crippen LogP contribution in [0.2, 0.25) is 0 Å². The summed E-state index contributed by atoms with van der Waals surface area (Å²) in [5, 5.41) is 9.62. The van der Waals surface area contributed by atoms with Crippen molar-refractivity contribution in [1.82, 2.24) is 19.6 Å². The second-order valence-corrected chi connectivity index (χ2v) is 8.33. The minimum atomic E-state index is 0.0870. The van der Waals surface area contributed by atoms with Gasteiger partial charge in [0.15, 0.2) is 0 Å². The molecule has 0 aliphatic carbocycles. The van der Waals surface area contributed by atoms with Gasteiger partial charge in [-0.3, -0.25) is 9.20 Å². The van der Waals surface area contributed by atoms with Crippen molar-refractivity contribution in [1.29, 1.82) is 0 Å². The fraction of sp³-hybridized carbons (Fsp3) is 0.273. The quantitative estimate of drug-likeness (QED) is 0.562. The molecular formula is C22H22N4OS. The average Bonchev–Trinajstić information content (AvgIpc) is 3.38. The Morgan fingerprint density at radius 2 is 2.04 bits per heavy atom. The lowest BCUT2D eigenvalue weighted by molar-refractivity contribution is 0.0618. The number of aromatic nitrogens is 2. The van der Waals surface area contributed by atoms with E-state index in [1.54, 1.807) is 11.3 Å². The van der Waals surface area contributed by atoms with Crippen LogP contribution in [0, 0.1) is 0 Å². The summed E-state index contributed by atoms with van der Waals surface area (Å²) in [5.74, 6) is 0.960. The van der Waals surface area contributed by atoms with Crippen molar-refractivity contribution in [3.8, 4) is 11.4 Å². The van der Waals surface area contributed by atoms with Crippen LogP contribution in [0.1, 0.15) is 24.2 Å². The fourth-order valence-electron chi connectivity index (χ4n) is 4.07. The smallest absolute Gasteiger partial charge is 0.256 e. The first-order valence-electron chi connectivity index (χ1n) is 9.59. The molecule has 1 aliphatic heterocycles. The Morgan fingerprint density at radius 1 is 1.21 bits per heavy atom. The Morgan fingerprint density at radius 3 is 2.82 bits per heavy atom. The first-order chi connectivity index (χ1) is 13.6. The van der Waals surface area contributed by atoms with Crippen molar-refractivity contribution in [3.05, 3.63) is 59.0 Å². The SMILES string of the molecule is C[C@@H]1CN(C(=O)c2cn3c(-c4ccsc4)ncc3c3ccccc23)[C@H](C)CN1. The molecular weight excluding hydrogens is 368 g/mol. The molecule has 142 valence electrons. The van der Waals surface area contributed by atoms with Crippen LogP contribution in [0.5, 0.6) is 0 Å². The molecule has 5 nitrogen and oxygen atoms in total. The number of rotatable bonds is 2. The number of fused-ring (bicyclic) bond motifs is 3. The van der Waals surface area contributed by atoms with Crippen LogP contribution >= 0.6 is 11.3 Å². The zero-order chi connectivity index (χ0) is 19.3. The van der Waals surface area contributed by atoms with Gasteiger partial charge in [0.05, 0.1) is 17.3 Å². The second-order valence-electron chi connectivity index (χ2n) is 7.55. The lowest BCUT2D eigenvalue weighted by Crippen LogP contribution is -2.56. The highest BCUT2D eigenvalue weighted by molar-refractivity contribution is 7.08. The van der Waals surface area contributed by atoms with Gasteiger partial charge in [0, 0.05) is 47.7 Å². The molecule has 0 bridgehead atoms. The van der Waals surface area contributed by atoms with Crippen LogP contribution in [-0.2, 0) is 0 Å². The van der Waals surface area contributed by atoms with Crippen LogP contribution in [0.15, 0.2) is 53.5 Å². The molecule has 4 heterocycles. The fourth-order valence-corrected chi connectivity index (χ4v) is 4.70. The van der Waals surface area contributed by atoms with Gasteiger partial charge in [0.1, 0.15) is 5.82 Å². The molecule has 28 heavy (non-hydrogen) atoms. The molecule has 1 fully saturated rings. The van der Waals surface area contributed by atoms with Gasteiger partial charge < -0.3 is 10.2 Å². The van der Waals surface area contributed by atoms with Crippen LogP contribution in [0.4, 0.5) is 0 Å². The van der Waals surface area contributed by atoms with Gasteiger partial charge in [-0.1, -0.05) is 24.3 Å². The number of pyridine rings is 1. The number of carbonyl (C=O) groups excluding carboxylic acids is 1. The zero-order valence-electron chi connectivity index (χ0n) is 15.9. The summed E-state index contributed by atoms with van der Waals surface area (Å²) >= 11 is 1.65. The lowest BCUT2D eigenvalue weighted by Gasteiger charge is -2.37. The molecule has 5 rings (SSSR count). The molecule has 3 aromatic heterocycles. The molecule has 1 N–H and O–H groups in total. The summed E-state index contributed by atoms with van der Waals surface area (Å²) in [7, 11) is 0. The second kappa shape index (κ2) is 6.72. The third-order valence-corrected chi connectivity index (χ3v) is 6.27. The molecule has 4 aromatic rings. The Hall–Kier alpha value is -2.70. The van der Waals surface area contributed by atoms with Crippen LogP contribution < -0.4 is 5.32 Å². The van der Waals surface area contributed by atoms with Crippen molar-refractivity contribution < 1.29 is 4.79 Å². The van der Waals surface area contributed by atoms with E-state index in [0.717, 1.165) is 39.8 Å². The van der Waals surface area contributed by atoms with Gasteiger partial charge >= 0.3 is 0 Å². The molecule has 0 unspecified atom stereocenters. The van der Waals surface area contributed by atoms with Crippen LogP contribution in [0.25, 0.3) is 27.7 Å². The largest absolute Gasteiger partial charge is 0.333 e. The van der Waals surface area contributed by atoms with Crippen LogP contribution in [-0.4, -0.2) is 45.4 Å². The highest BCUT2D eigenvalue weighted by atomic mass is 32.1. The molecule has 1 saturated heterocycles. The first-order valence-corrected chi connectivity index (χ1v) is 10.5. The number of imidazole rings is 1. The van der Waals surface area contributed by atoms with Gasteiger partial charge in [-0.25, -0.2) is 4.98 Å². The molecule has 0 saturated carbocycles. The summed E-state index contributed by atoms with van der Waals surface area (Å²) in [5.41, 5.74) is 2.83. The number of nitrogens with one attached hydrogen (secondary N) is 1. The van der Waals surface area contributed by atoms with Crippen molar-refractivity contribution >= 4 is 33.5 Å². The Labute approximate surface area is 167 Å². The molecule has 0 spiro atoms. The van der Waals surface area contributed by atoms with Crippen molar-refractivity contribution in [2.45, 2.75) is 25.9 Å². The highest BCUT2D eigenvalue weighted by Gasteiger charge is 2.29. The summed E-state index contributed by atoms with van der Waals surface area (Å²) in [6.45, 7) is 5.76. The number of piperazine rings is 1. The van der Waals surface area contributed by atoms with Crippen molar-refractivity contribution in [2.75, 3.05) is 13.1 Å². The number of thiophene rings is 1. The van der Waals surface area contributed by atoms with Crippen molar-refractivity contribution in [3.63, 3.8) is 0 Å². The maximum atomic E-state index is 13.6. The average molecular weight is 391 g/mol. The summed E-state index contributed by atoms with van der Waals surface area (Å²) < 4.78 is 2.06. The highest BCUT2D eigenvalue weighted by Crippen LogP contribution is 2.30. The van der Waals surface area contributed by atoms with Gasteiger partial charge in [0.25, 0.3) is 5.91 Å². The number of nitrogens with zero attached hydrogens (tertiary/aromatic N) is 3. The number of amides is 1. The van der Waals surface area contributed by atoms with E-state index in [-0.39, 0.29) is 11.9 Å². The van der Waals surface area contributed by atoms with E-state index in [0.29, 0.717) is 12.6 Å². The van der Waals surface area contributed by atoms with E-state index in [9.17, 15) is 4.79 Å². The van der Waals surface area contributed by atoms with E-state index in [1.165, 1.54) is 0 Å². The zero-order valence-corrected chi connectivity index (χ0v) is 16.7. The Balaban J connectivity index is 1.73. The maximum absolute atomic E-state index is 13.6. The molecule has 0 radical (unpaired) electrons. The maximum Gasteiger partial charge on any atom is 0.256 e. The number of benzene rings is 1. The summed E-state index contributed by atoms with van der Waals surface area (Å²) in [6, 6.07) is 10.7. The minimum Gasteiger partial charge on any atom is -0.333 e. The number of carbonyl (C=O) groups is 1. The topological polar surface area (TPSA) is 49.6 Å². The van der Waals surface area contributed by atoms with Gasteiger partial charge in [-0.2, -0.15) is 11.3 Å². The predicted molar refractivity (Wildman–Crippen MR) is 114 cm³/mol. The standard InChI is InChI=1S/C22H22N4OS/c1-14-11-25(15(2)9-23-14)22(27)19-12-26-20(18-6-4-3-5-17(18)19)10-24-21(26)16-7-8-28-13-16/h3-8,10,12-15,23H,9,11H2,1-2H3/t14-,15-/m1/s1. The number of hydrogen-bond acceptors (Lipinski definition) is 4. The monoisotopic (exact) mass is 390 g/mol. The van der Waals surface area contributed by atoms with E-state index >= 15 is 0 Å². The third-order valence-electron chi connectivity index (χ3n) is 5.58. The number of hydrogen-bond donors (Lipinski definition) is 1. The predicted octanol–water partition coefficient (Wildman–Crippen LogP) is 4.04. The minimum absolute atomic E-state index is 0.0870. The van der Waals surface area contributed by atoms with Crippen LogP contribution in [0.3, 0.4) is 0 Å². The van der Waals surface area contributed by atoms with E-state index in [4.69, 9.17) is 0 Å². The Kier molecular flexibility index (Phi) is 4.18. The summed E-state index contributed by atoms with van der Waals surface area (Å²) in [6.07, 6.45) is 3.87. The molecule has 6 heteroatoms. The van der Waals surface area contributed by atoms with E-state index in [1.807, 2.05) is 40.9 Å². The van der Waals surface area contributed by atoms with E-state index < -0.39 is 0 Å². The summed E-state index contributed by atoms with van der Waals surface area (Å²) in [4.78, 5) is 20.3. The van der Waals surface area contributed by atoms with Crippen molar-refractivity contribution in [2.24, 2.45) is 0 Å². The molecule has 1 amide bonds. The molecule has 1 aliphatic rings. The normalized spacial score (nSPS) is 20.1. The first kappa shape index (κ1) is 17.4. The van der Waals surface area contributed by atoms with Gasteiger partial charge in [-0.15, -0.1) is 0 Å². The van der Waals surface area contributed by atoms with E-state index in [2.05, 4.69) is 46.1 Å².